The van der Waals surface area contributed by atoms with Crippen LogP contribution in [-0.4, -0.2) is 0 Å². The molecule has 280 valence electrons. The number of fused-ring (bicyclic) bond motifs is 3. The van der Waals surface area contributed by atoms with Gasteiger partial charge in [-0.15, -0.1) is 0 Å². The van der Waals surface area contributed by atoms with E-state index in [-0.39, 0.29) is 5.41 Å². The fourth-order valence-corrected chi connectivity index (χ4v) is 8.50. The van der Waals surface area contributed by atoms with Crippen molar-refractivity contribution < 1.29 is 0 Å². The summed E-state index contributed by atoms with van der Waals surface area (Å²) in [4.78, 5) is 5.00. The number of aryl methyl sites for hydroxylation is 6. The van der Waals surface area contributed by atoms with Crippen molar-refractivity contribution in [3.63, 3.8) is 0 Å². The quantitative estimate of drug-likeness (QED) is 0.173. The Morgan fingerprint density at radius 3 is 1.33 bits per heavy atom. The van der Waals surface area contributed by atoms with Crippen LogP contribution < -0.4 is 9.80 Å². The molecule has 0 spiro atoms. The number of rotatable bonds is 6. The Balaban J connectivity index is 0.00000245. The second-order valence-corrected chi connectivity index (χ2v) is 16.5. The summed E-state index contributed by atoms with van der Waals surface area (Å²) in [6, 6.07) is 30.7. The van der Waals surface area contributed by atoms with Crippen LogP contribution in [0.15, 0.2) is 102 Å². The Labute approximate surface area is 327 Å². The minimum atomic E-state index is -0.184. The van der Waals surface area contributed by atoms with Crippen LogP contribution in [0.5, 0.6) is 0 Å². The van der Waals surface area contributed by atoms with E-state index < -0.39 is 0 Å². The lowest BCUT2D eigenvalue weighted by Gasteiger charge is -2.34. The highest BCUT2D eigenvalue weighted by atomic mass is 15.2. The van der Waals surface area contributed by atoms with Gasteiger partial charge in [0.1, 0.15) is 0 Å². The van der Waals surface area contributed by atoms with Crippen molar-refractivity contribution in [1.82, 2.24) is 0 Å². The summed E-state index contributed by atoms with van der Waals surface area (Å²) in [6.07, 6.45) is 3.44. The van der Waals surface area contributed by atoms with E-state index in [2.05, 4.69) is 185 Å². The van der Waals surface area contributed by atoms with Crippen molar-refractivity contribution in [2.24, 2.45) is 5.92 Å². The van der Waals surface area contributed by atoms with Gasteiger partial charge in [-0.1, -0.05) is 64.0 Å². The Kier molecular flexibility index (Phi) is 10.6. The van der Waals surface area contributed by atoms with Gasteiger partial charge in [-0.2, -0.15) is 0 Å². The van der Waals surface area contributed by atoms with Gasteiger partial charge in [-0.25, -0.2) is 0 Å². The second kappa shape index (κ2) is 14.8. The van der Waals surface area contributed by atoms with E-state index in [1.54, 1.807) is 0 Å². The van der Waals surface area contributed by atoms with Crippen molar-refractivity contribution in [2.75, 3.05) is 9.80 Å². The lowest BCUT2D eigenvalue weighted by Crippen LogP contribution is -2.22. The molecule has 7 rings (SSSR count). The summed E-state index contributed by atoms with van der Waals surface area (Å²) in [5.41, 5.74) is 26.2. The van der Waals surface area contributed by atoms with E-state index >= 15 is 0 Å². The van der Waals surface area contributed by atoms with E-state index in [1.807, 2.05) is 13.8 Å². The Hall–Kier alpha value is -4.82. The van der Waals surface area contributed by atoms with Crippen molar-refractivity contribution in [1.29, 1.82) is 0 Å². The number of allylic oxidation sites excluding steroid dienone is 4. The molecule has 0 radical (unpaired) electrons. The molecule has 0 N–H and O–H groups in total. The molecule has 54 heavy (non-hydrogen) atoms. The van der Waals surface area contributed by atoms with Crippen LogP contribution in [0, 0.1) is 61.3 Å². The molecule has 0 aliphatic heterocycles. The van der Waals surface area contributed by atoms with Crippen LogP contribution >= 0.6 is 0 Å². The maximum atomic E-state index is 2.52. The van der Waals surface area contributed by atoms with Gasteiger partial charge in [0.2, 0.25) is 0 Å². The van der Waals surface area contributed by atoms with Gasteiger partial charge >= 0.3 is 0 Å². The van der Waals surface area contributed by atoms with E-state index in [0.717, 1.165) is 6.42 Å². The minimum absolute atomic E-state index is 0.184. The maximum absolute atomic E-state index is 2.52. The maximum Gasteiger partial charge on any atom is 0.0467 e. The molecule has 1 unspecified atom stereocenters. The highest BCUT2D eigenvalue weighted by Gasteiger charge is 2.37. The van der Waals surface area contributed by atoms with Gasteiger partial charge in [0, 0.05) is 39.5 Å². The Bertz CT molecular complexity index is 2220. The third kappa shape index (κ3) is 6.74. The Morgan fingerprint density at radius 2 is 0.889 bits per heavy atom. The summed E-state index contributed by atoms with van der Waals surface area (Å²) >= 11 is 0. The van der Waals surface area contributed by atoms with Gasteiger partial charge in [0.15, 0.2) is 0 Å². The number of anilines is 5. The van der Waals surface area contributed by atoms with E-state index in [1.165, 1.54) is 112 Å². The summed E-state index contributed by atoms with van der Waals surface area (Å²) in [5, 5.41) is 0. The van der Waals surface area contributed by atoms with Crippen molar-refractivity contribution >= 4 is 28.4 Å². The molecule has 0 saturated carbocycles. The summed E-state index contributed by atoms with van der Waals surface area (Å²) in [7, 11) is 0. The summed E-state index contributed by atoms with van der Waals surface area (Å²) in [6.45, 7) is 33.6. The molecular formula is C52H62N2. The number of hydrogen-bond donors (Lipinski definition) is 0. The van der Waals surface area contributed by atoms with Gasteiger partial charge < -0.3 is 9.80 Å². The van der Waals surface area contributed by atoms with Crippen molar-refractivity contribution in [3.05, 3.63) is 157 Å². The van der Waals surface area contributed by atoms with Crippen LogP contribution in [-0.2, 0) is 5.41 Å². The molecule has 2 nitrogen and oxygen atoms in total. The normalized spacial score (nSPS) is 15.6. The van der Waals surface area contributed by atoms with Gasteiger partial charge in [0.25, 0.3) is 0 Å². The molecule has 0 heterocycles. The fraction of sp³-hybridized carbons (Fsp3) is 0.346. The summed E-state index contributed by atoms with van der Waals surface area (Å²) < 4.78 is 0. The molecule has 2 aliphatic carbocycles. The predicted molar refractivity (Wildman–Crippen MR) is 237 cm³/mol. The van der Waals surface area contributed by atoms with Gasteiger partial charge in [-0.3, -0.25) is 0 Å². The molecule has 5 aromatic rings. The topological polar surface area (TPSA) is 6.48 Å². The van der Waals surface area contributed by atoms with Crippen LogP contribution in [0.25, 0.3) is 11.1 Å². The van der Waals surface area contributed by atoms with E-state index in [4.69, 9.17) is 0 Å². The van der Waals surface area contributed by atoms with Crippen LogP contribution in [0.2, 0.25) is 0 Å². The molecule has 0 amide bonds. The largest absolute Gasteiger partial charge is 0.314 e. The third-order valence-electron chi connectivity index (χ3n) is 12.8. The number of hydrogen-bond acceptors (Lipinski definition) is 2. The van der Waals surface area contributed by atoms with Crippen LogP contribution in [0.3, 0.4) is 0 Å². The molecular weight excluding hydrogens is 653 g/mol. The zero-order valence-electron chi connectivity index (χ0n) is 35.8. The van der Waals surface area contributed by atoms with Crippen LogP contribution in [0.4, 0.5) is 28.4 Å². The number of nitrogens with zero attached hydrogens (tertiary/aromatic N) is 2. The first-order chi connectivity index (χ1) is 25.6. The van der Waals surface area contributed by atoms with Crippen molar-refractivity contribution in [3.8, 4) is 11.1 Å². The predicted octanol–water partition coefficient (Wildman–Crippen LogP) is 15.4. The molecule has 2 heteroatoms. The lowest BCUT2D eigenvalue weighted by atomic mass is 9.82. The molecule has 5 aromatic carbocycles. The standard InChI is InChI=1S/C50H56N2.C2H6/c1-29-14-15-40(20-30(29)2)51(43-21-31(3)37(9)32(4)22-43)41-16-18-46-47-19-17-42(28-49(47)50(12,13)48(46)27-41)52(44-23-33(5)38(10)34(6)24-44)45-25-35(7)39(11)36(8)26-45;1-2/h14-21,23-28,32H,22H2,1-13H3;1-2H3. The van der Waals surface area contributed by atoms with E-state index in [0.29, 0.717) is 5.92 Å². The summed E-state index contributed by atoms with van der Waals surface area (Å²) in [5.74, 6) is 0.507. The Morgan fingerprint density at radius 1 is 0.481 bits per heavy atom. The van der Waals surface area contributed by atoms with E-state index in [9.17, 15) is 0 Å². The minimum Gasteiger partial charge on any atom is -0.314 e. The van der Waals surface area contributed by atoms with Crippen LogP contribution in [0.1, 0.15) is 111 Å². The number of benzene rings is 5. The highest BCUT2D eigenvalue weighted by Crippen LogP contribution is 2.53. The second-order valence-electron chi connectivity index (χ2n) is 16.5. The highest BCUT2D eigenvalue weighted by molar-refractivity contribution is 5.88. The first-order valence-corrected chi connectivity index (χ1v) is 20.1. The molecule has 0 saturated heterocycles. The van der Waals surface area contributed by atoms with Gasteiger partial charge in [0.05, 0.1) is 0 Å². The first kappa shape index (κ1) is 38.9. The molecule has 0 aromatic heterocycles. The lowest BCUT2D eigenvalue weighted by molar-refractivity contribution is 0.644. The smallest absolute Gasteiger partial charge is 0.0467 e. The first-order valence-electron chi connectivity index (χ1n) is 20.1. The molecule has 0 bridgehead atoms. The molecule has 0 fully saturated rings. The SMILES string of the molecule is CC.CC1=C(C)C(C)CC(N(c2ccc(C)c(C)c2)c2ccc3c(c2)C(C)(C)c2cc(N(c4cc(C)c(C)c(C)c4)c4cc(C)c(C)c(C)c4)ccc2-3)=C1. The zero-order valence-corrected chi connectivity index (χ0v) is 35.8. The average molecular weight is 715 g/mol. The van der Waals surface area contributed by atoms with Gasteiger partial charge in [-0.05, 0) is 215 Å². The monoisotopic (exact) mass is 714 g/mol. The van der Waals surface area contributed by atoms with Crippen molar-refractivity contribution in [2.45, 2.75) is 116 Å². The molecule has 2 aliphatic rings. The third-order valence-corrected chi connectivity index (χ3v) is 12.8. The fourth-order valence-electron chi connectivity index (χ4n) is 8.50. The average Bonchev–Trinajstić information content (AvgIpc) is 3.36. The molecule has 1 atom stereocenters. The zero-order chi connectivity index (χ0) is 39.4.